The summed E-state index contributed by atoms with van der Waals surface area (Å²) in [6, 6.07) is 9.47. The standard InChI is InChI=1S/C12H17N5OS/c1-16(2)12-13-11(10-8-6-5-7-9-10)14-19(18,15-12)17(3)4/h5-9H,1-4H3. The number of aliphatic imine (C=N–C) groups is 1. The topological polar surface area (TPSA) is 60.6 Å². The average molecular weight is 279 g/mol. The highest BCUT2D eigenvalue weighted by Gasteiger charge is 2.21. The molecule has 1 unspecified atom stereocenters. The summed E-state index contributed by atoms with van der Waals surface area (Å²) in [5.74, 6) is 0.852. The average Bonchev–Trinajstić information content (AvgIpc) is 2.39. The second-order valence-electron chi connectivity index (χ2n) is 4.46. The van der Waals surface area contributed by atoms with Crippen LogP contribution >= 0.6 is 0 Å². The monoisotopic (exact) mass is 279 g/mol. The van der Waals surface area contributed by atoms with Crippen LogP contribution in [0.4, 0.5) is 0 Å². The third-order valence-electron chi connectivity index (χ3n) is 2.52. The number of benzene rings is 1. The summed E-state index contributed by atoms with van der Waals surface area (Å²) in [5, 5.41) is 0. The van der Waals surface area contributed by atoms with Gasteiger partial charge in [-0.15, -0.1) is 8.76 Å². The van der Waals surface area contributed by atoms with Crippen LogP contribution in [0.5, 0.6) is 0 Å². The van der Waals surface area contributed by atoms with Gasteiger partial charge in [-0.05, 0) is 0 Å². The van der Waals surface area contributed by atoms with Gasteiger partial charge in [-0.25, -0.2) is 8.51 Å². The van der Waals surface area contributed by atoms with Crippen molar-refractivity contribution in [2.45, 2.75) is 0 Å². The normalized spacial score (nSPS) is 22.6. The molecule has 1 aromatic rings. The highest BCUT2D eigenvalue weighted by atomic mass is 32.2. The number of nitrogens with zero attached hydrogens (tertiary/aromatic N) is 5. The maximum Gasteiger partial charge on any atom is 0.238 e. The van der Waals surface area contributed by atoms with Crippen molar-refractivity contribution < 1.29 is 4.21 Å². The smallest absolute Gasteiger partial charge is 0.238 e. The Morgan fingerprint density at radius 1 is 1.05 bits per heavy atom. The Kier molecular flexibility index (Phi) is 3.68. The molecule has 1 atom stereocenters. The zero-order valence-corrected chi connectivity index (χ0v) is 12.3. The molecule has 0 spiro atoms. The number of amidine groups is 1. The van der Waals surface area contributed by atoms with Gasteiger partial charge >= 0.3 is 0 Å². The fraction of sp³-hybridized carbons (Fsp3) is 0.333. The van der Waals surface area contributed by atoms with Gasteiger partial charge in [0.25, 0.3) is 0 Å². The minimum Gasteiger partial charge on any atom is -0.346 e. The first-order valence-electron chi connectivity index (χ1n) is 5.78. The van der Waals surface area contributed by atoms with Gasteiger partial charge in [0.2, 0.25) is 16.1 Å². The Morgan fingerprint density at radius 3 is 2.21 bits per heavy atom. The lowest BCUT2D eigenvalue weighted by Gasteiger charge is -2.20. The van der Waals surface area contributed by atoms with E-state index in [9.17, 15) is 4.21 Å². The molecule has 7 heteroatoms. The summed E-state index contributed by atoms with van der Waals surface area (Å²) in [6.45, 7) is 0. The Balaban J connectivity index is 2.60. The van der Waals surface area contributed by atoms with Crippen molar-refractivity contribution in [3.8, 4) is 0 Å². The van der Waals surface area contributed by atoms with E-state index in [1.54, 1.807) is 19.0 Å². The second-order valence-corrected chi connectivity index (χ2v) is 6.49. The van der Waals surface area contributed by atoms with Crippen molar-refractivity contribution in [1.82, 2.24) is 9.21 Å². The SMILES string of the molecule is CN(C)C1=NC(c2ccccc2)=NS(=O)(N(C)C)=N1. The first-order valence-corrected chi connectivity index (χ1v) is 7.21. The van der Waals surface area contributed by atoms with Gasteiger partial charge in [-0.3, -0.25) is 0 Å². The van der Waals surface area contributed by atoms with Gasteiger partial charge in [0.1, 0.15) is 0 Å². The Labute approximate surface area is 113 Å². The number of rotatable bonds is 2. The van der Waals surface area contributed by atoms with Gasteiger partial charge < -0.3 is 4.90 Å². The lowest BCUT2D eigenvalue weighted by molar-refractivity contribution is 0.585. The molecule has 0 aromatic heterocycles. The lowest BCUT2D eigenvalue weighted by Crippen LogP contribution is -2.30. The van der Waals surface area contributed by atoms with E-state index in [2.05, 4.69) is 13.8 Å². The quantitative estimate of drug-likeness (QED) is 0.817. The van der Waals surface area contributed by atoms with E-state index >= 15 is 0 Å². The second kappa shape index (κ2) is 5.10. The first-order chi connectivity index (χ1) is 8.92. The molecular weight excluding hydrogens is 262 g/mol. The van der Waals surface area contributed by atoms with Gasteiger partial charge in [-0.2, -0.15) is 4.99 Å². The molecule has 0 saturated heterocycles. The van der Waals surface area contributed by atoms with Crippen molar-refractivity contribution in [2.75, 3.05) is 28.2 Å². The van der Waals surface area contributed by atoms with E-state index in [1.165, 1.54) is 4.31 Å². The van der Waals surface area contributed by atoms with Crippen LogP contribution in [0, 0.1) is 0 Å². The van der Waals surface area contributed by atoms with E-state index in [0.717, 1.165) is 5.56 Å². The van der Waals surface area contributed by atoms with Gasteiger partial charge in [-0.1, -0.05) is 30.3 Å². The fourth-order valence-electron chi connectivity index (χ4n) is 1.42. The summed E-state index contributed by atoms with van der Waals surface area (Å²) in [4.78, 5) is 6.07. The summed E-state index contributed by atoms with van der Waals surface area (Å²) in [6.07, 6.45) is 0. The number of guanidine groups is 1. The van der Waals surface area contributed by atoms with E-state index in [0.29, 0.717) is 11.8 Å². The molecule has 0 N–H and O–H groups in total. The molecule has 0 bridgehead atoms. The molecule has 0 aliphatic carbocycles. The molecule has 0 fully saturated rings. The molecule has 0 radical (unpaired) electrons. The van der Waals surface area contributed by atoms with Gasteiger partial charge in [0.05, 0.1) is 0 Å². The zero-order valence-electron chi connectivity index (χ0n) is 11.4. The van der Waals surface area contributed by atoms with Crippen LogP contribution in [0.1, 0.15) is 5.56 Å². The summed E-state index contributed by atoms with van der Waals surface area (Å²) in [7, 11) is 4.18. The van der Waals surface area contributed by atoms with Crippen LogP contribution in [0.25, 0.3) is 0 Å². The predicted octanol–water partition coefficient (Wildman–Crippen LogP) is 1.22. The Hall–Kier alpha value is -1.73. The van der Waals surface area contributed by atoms with E-state index in [1.807, 2.05) is 44.4 Å². The molecule has 0 amide bonds. The summed E-state index contributed by atoms with van der Waals surface area (Å²) >= 11 is 0. The van der Waals surface area contributed by atoms with Crippen LogP contribution < -0.4 is 0 Å². The van der Waals surface area contributed by atoms with Crippen LogP contribution in [-0.2, 0) is 10.1 Å². The minimum absolute atomic E-state index is 0.410. The van der Waals surface area contributed by atoms with Crippen molar-refractivity contribution in [3.63, 3.8) is 0 Å². The van der Waals surface area contributed by atoms with E-state index in [4.69, 9.17) is 0 Å². The highest BCUT2D eigenvalue weighted by Crippen LogP contribution is 2.15. The predicted molar refractivity (Wildman–Crippen MR) is 78.4 cm³/mol. The third kappa shape index (κ3) is 2.82. The molecule has 1 aliphatic rings. The Bertz CT molecular complexity index is 639. The van der Waals surface area contributed by atoms with Crippen molar-refractivity contribution in [1.29, 1.82) is 0 Å². The molecule has 19 heavy (non-hydrogen) atoms. The molecule has 1 heterocycles. The van der Waals surface area contributed by atoms with E-state index < -0.39 is 10.1 Å². The summed E-state index contributed by atoms with van der Waals surface area (Å²) in [5.41, 5.74) is 0.825. The highest BCUT2D eigenvalue weighted by molar-refractivity contribution is 7.90. The Morgan fingerprint density at radius 2 is 1.68 bits per heavy atom. The fourth-order valence-corrected chi connectivity index (χ4v) is 2.58. The molecule has 102 valence electrons. The third-order valence-corrected chi connectivity index (χ3v) is 4.28. The van der Waals surface area contributed by atoms with Crippen LogP contribution in [0.2, 0.25) is 0 Å². The lowest BCUT2D eigenvalue weighted by atomic mass is 10.2. The molecule has 6 nitrogen and oxygen atoms in total. The molecule has 1 aromatic carbocycles. The molecular formula is C12H17N5OS. The van der Waals surface area contributed by atoms with Crippen molar-refractivity contribution in [2.24, 2.45) is 13.8 Å². The first kappa shape index (κ1) is 13.7. The number of hydrogen-bond acceptors (Lipinski definition) is 4. The zero-order chi connectivity index (χ0) is 14.0. The minimum atomic E-state index is -2.82. The molecule has 1 aliphatic heterocycles. The molecule has 2 rings (SSSR count). The van der Waals surface area contributed by atoms with Crippen LogP contribution in [0.3, 0.4) is 0 Å². The summed E-state index contributed by atoms with van der Waals surface area (Å²) < 4.78 is 22.5. The van der Waals surface area contributed by atoms with E-state index in [-0.39, 0.29) is 0 Å². The van der Waals surface area contributed by atoms with Crippen molar-refractivity contribution in [3.05, 3.63) is 35.9 Å². The molecule has 0 saturated carbocycles. The maximum absolute atomic E-state index is 12.7. The largest absolute Gasteiger partial charge is 0.346 e. The number of hydrogen-bond donors (Lipinski definition) is 0. The maximum atomic E-state index is 12.7. The van der Waals surface area contributed by atoms with Gasteiger partial charge in [0.15, 0.2) is 5.84 Å². The van der Waals surface area contributed by atoms with Crippen LogP contribution in [-0.4, -0.2) is 53.4 Å². The van der Waals surface area contributed by atoms with Crippen molar-refractivity contribution >= 4 is 21.9 Å². The van der Waals surface area contributed by atoms with Crippen LogP contribution in [0.15, 0.2) is 44.1 Å². The van der Waals surface area contributed by atoms with Gasteiger partial charge in [0, 0.05) is 33.8 Å².